The molecule has 0 atom stereocenters. The molecule has 1 heterocycles. The SMILES string of the molecule is O=C(C(Cl)=CNCCc1c[nH]c2ccccc12)C(F)(F)F. The van der Waals surface area contributed by atoms with E-state index in [1.807, 2.05) is 30.5 Å². The van der Waals surface area contributed by atoms with Gasteiger partial charge in [-0.3, -0.25) is 4.79 Å². The third kappa shape index (κ3) is 3.78. The van der Waals surface area contributed by atoms with Crippen LogP contribution in [0.1, 0.15) is 5.56 Å². The molecule has 21 heavy (non-hydrogen) atoms. The summed E-state index contributed by atoms with van der Waals surface area (Å²) in [6.45, 7) is 0.364. The van der Waals surface area contributed by atoms with Crippen LogP contribution in [0.2, 0.25) is 0 Å². The van der Waals surface area contributed by atoms with Crippen molar-refractivity contribution in [3.05, 3.63) is 47.3 Å². The van der Waals surface area contributed by atoms with Crippen LogP contribution in [0.5, 0.6) is 0 Å². The molecule has 2 N–H and O–H groups in total. The van der Waals surface area contributed by atoms with Crippen molar-refractivity contribution in [3.8, 4) is 0 Å². The van der Waals surface area contributed by atoms with Crippen LogP contribution >= 0.6 is 11.6 Å². The Morgan fingerprint density at radius 2 is 2.05 bits per heavy atom. The molecule has 7 heteroatoms. The van der Waals surface area contributed by atoms with E-state index in [4.69, 9.17) is 11.6 Å². The van der Waals surface area contributed by atoms with Gasteiger partial charge in [0.25, 0.3) is 5.78 Å². The number of nitrogens with one attached hydrogen (secondary N) is 2. The summed E-state index contributed by atoms with van der Waals surface area (Å²) in [5, 5.41) is 2.79. The zero-order chi connectivity index (χ0) is 15.5. The molecule has 0 aliphatic heterocycles. The normalized spacial score (nSPS) is 12.7. The van der Waals surface area contributed by atoms with Crippen LogP contribution in [0.15, 0.2) is 41.7 Å². The summed E-state index contributed by atoms with van der Waals surface area (Å²) in [6, 6.07) is 7.71. The van der Waals surface area contributed by atoms with Gasteiger partial charge in [-0.1, -0.05) is 29.8 Å². The summed E-state index contributed by atoms with van der Waals surface area (Å²) in [5.74, 6) is -2.05. The van der Waals surface area contributed by atoms with E-state index in [1.165, 1.54) is 0 Å². The fourth-order valence-electron chi connectivity index (χ4n) is 1.91. The van der Waals surface area contributed by atoms with Gasteiger partial charge in [0.1, 0.15) is 5.03 Å². The lowest BCUT2D eigenvalue weighted by atomic mass is 10.1. The standard InChI is InChI=1S/C14H12ClF3N2O/c15-11(13(21)14(16,17)18)8-19-6-5-9-7-20-12-4-2-1-3-10(9)12/h1-4,7-8,19-20H,5-6H2. The minimum absolute atomic E-state index is 0.364. The highest BCUT2D eigenvalue weighted by atomic mass is 35.5. The predicted molar refractivity (Wildman–Crippen MR) is 75.0 cm³/mol. The molecule has 112 valence electrons. The predicted octanol–water partition coefficient (Wildman–Crippen LogP) is 3.51. The zero-order valence-electron chi connectivity index (χ0n) is 10.8. The number of fused-ring (bicyclic) bond motifs is 1. The van der Waals surface area contributed by atoms with Gasteiger partial charge in [0.2, 0.25) is 0 Å². The number of carbonyl (C=O) groups is 1. The number of allylic oxidation sites excluding steroid dienone is 1. The molecule has 0 spiro atoms. The maximum Gasteiger partial charge on any atom is 0.455 e. The number of halogens is 4. The number of benzene rings is 1. The van der Waals surface area contributed by atoms with E-state index in [0.29, 0.717) is 13.0 Å². The van der Waals surface area contributed by atoms with Gasteiger partial charge in [-0.2, -0.15) is 13.2 Å². The first kappa shape index (κ1) is 15.4. The van der Waals surface area contributed by atoms with Crippen LogP contribution in [-0.4, -0.2) is 23.5 Å². The molecule has 0 aliphatic carbocycles. The van der Waals surface area contributed by atoms with E-state index in [2.05, 4.69) is 10.3 Å². The summed E-state index contributed by atoms with van der Waals surface area (Å²) in [4.78, 5) is 13.9. The number of H-pyrrole nitrogens is 1. The highest BCUT2D eigenvalue weighted by Crippen LogP contribution is 2.22. The Morgan fingerprint density at radius 3 is 2.76 bits per heavy atom. The van der Waals surface area contributed by atoms with E-state index < -0.39 is 17.0 Å². The lowest BCUT2D eigenvalue weighted by Crippen LogP contribution is -2.24. The van der Waals surface area contributed by atoms with E-state index in [9.17, 15) is 18.0 Å². The van der Waals surface area contributed by atoms with Gasteiger partial charge in [0.05, 0.1) is 0 Å². The van der Waals surface area contributed by atoms with Crippen molar-refractivity contribution in [1.29, 1.82) is 0 Å². The highest BCUT2D eigenvalue weighted by molar-refractivity contribution is 6.43. The van der Waals surface area contributed by atoms with E-state index in [0.717, 1.165) is 22.7 Å². The van der Waals surface area contributed by atoms with Crippen LogP contribution in [0, 0.1) is 0 Å². The molecule has 0 radical (unpaired) electrons. The Kier molecular flexibility index (Phi) is 4.57. The molecule has 0 saturated heterocycles. The Bertz CT molecular complexity index is 676. The number of rotatable bonds is 5. The number of Topliss-reactive ketones (excluding diaryl/α,β-unsaturated/α-hetero) is 1. The van der Waals surface area contributed by atoms with E-state index >= 15 is 0 Å². The molecule has 2 rings (SSSR count). The second-order valence-corrected chi connectivity index (χ2v) is 4.79. The van der Waals surface area contributed by atoms with Crippen LogP contribution in [0.25, 0.3) is 10.9 Å². The van der Waals surface area contributed by atoms with Gasteiger partial charge in [0.15, 0.2) is 0 Å². The van der Waals surface area contributed by atoms with Gasteiger partial charge in [0, 0.05) is 29.8 Å². The van der Waals surface area contributed by atoms with E-state index in [1.54, 1.807) is 0 Å². The number of para-hydroxylation sites is 1. The van der Waals surface area contributed by atoms with Gasteiger partial charge in [-0.05, 0) is 18.1 Å². The zero-order valence-corrected chi connectivity index (χ0v) is 11.6. The van der Waals surface area contributed by atoms with Crippen molar-refractivity contribution in [1.82, 2.24) is 10.3 Å². The Labute approximate surface area is 123 Å². The Morgan fingerprint density at radius 1 is 1.33 bits per heavy atom. The minimum Gasteiger partial charge on any atom is -0.389 e. The minimum atomic E-state index is -4.95. The topological polar surface area (TPSA) is 44.9 Å². The molecule has 0 amide bonds. The van der Waals surface area contributed by atoms with Gasteiger partial charge in [-0.15, -0.1) is 0 Å². The van der Waals surface area contributed by atoms with Crippen molar-refractivity contribution in [2.45, 2.75) is 12.6 Å². The molecule has 1 aromatic carbocycles. The molecule has 0 bridgehead atoms. The molecule has 1 aromatic heterocycles. The number of carbonyl (C=O) groups excluding carboxylic acids is 1. The highest BCUT2D eigenvalue weighted by Gasteiger charge is 2.40. The fourth-order valence-corrected chi connectivity index (χ4v) is 2.09. The quantitative estimate of drug-likeness (QED) is 0.655. The molecule has 0 fully saturated rings. The van der Waals surface area contributed by atoms with Crippen LogP contribution < -0.4 is 5.32 Å². The molecule has 2 aromatic rings. The Balaban J connectivity index is 1.92. The van der Waals surface area contributed by atoms with Crippen LogP contribution in [-0.2, 0) is 11.2 Å². The lowest BCUT2D eigenvalue weighted by molar-refractivity contribution is -0.165. The summed E-state index contributed by atoms with van der Waals surface area (Å²) in [7, 11) is 0. The third-order valence-corrected chi connectivity index (χ3v) is 3.20. The molecule has 0 unspecified atom stereocenters. The smallest absolute Gasteiger partial charge is 0.389 e. The second-order valence-electron chi connectivity index (χ2n) is 4.38. The number of ketones is 1. The molecular weight excluding hydrogens is 305 g/mol. The average molecular weight is 317 g/mol. The first-order valence-corrected chi connectivity index (χ1v) is 6.53. The van der Waals surface area contributed by atoms with Gasteiger partial charge >= 0.3 is 6.18 Å². The van der Waals surface area contributed by atoms with Crippen molar-refractivity contribution >= 4 is 28.3 Å². The molecule has 0 aliphatic rings. The first-order valence-electron chi connectivity index (χ1n) is 6.15. The number of hydrogen-bond donors (Lipinski definition) is 2. The van der Waals surface area contributed by atoms with Crippen LogP contribution in [0.3, 0.4) is 0 Å². The van der Waals surface area contributed by atoms with Gasteiger partial charge in [-0.25, -0.2) is 0 Å². The number of aromatic amines is 1. The van der Waals surface area contributed by atoms with Crippen molar-refractivity contribution in [3.63, 3.8) is 0 Å². The third-order valence-electron chi connectivity index (χ3n) is 2.92. The summed E-state index contributed by atoms with van der Waals surface area (Å²) >= 11 is 5.29. The van der Waals surface area contributed by atoms with Gasteiger partial charge < -0.3 is 10.3 Å². The largest absolute Gasteiger partial charge is 0.455 e. The first-order chi connectivity index (χ1) is 9.89. The number of hydrogen-bond acceptors (Lipinski definition) is 2. The summed E-state index contributed by atoms with van der Waals surface area (Å²) in [5.41, 5.74) is 2.03. The van der Waals surface area contributed by atoms with Crippen molar-refractivity contribution in [2.75, 3.05) is 6.54 Å². The van der Waals surface area contributed by atoms with E-state index in [-0.39, 0.29) is 0 Å². The van der Waals surface area contributed by atoms with Crippen molar-refractivity contribution < 1.29 is 18.0 Å². The Hall–Kier alpha value is -1.95. The second kappa shape index (κ2) is 6.22. The maximum absolute atomic E-state index is 12.1. The number of alkyl halides is 3. The maximum atomic E-state index is 12.1. The molecule has 3 nitrogen and oxygen atoms in total. The monoisotopic (exact) mass is 316 g/mol. The van der Waals surface area contributed by atoms with Crippen LogP contribution in [0.4, 0.5) is 13.2 Å². The lowest BCUT2D eigenvalue weighted by Gasteiger charge is -2.05. The number of aromatic nitrogens is 1. The average Bonchev–Trinajstić information content (AvgIpc) is 2.85. The summed E-state index contributed by atoms with van der Waals surface area (Å²) in [6.07, 6.45) is -1.64. The van der Waals surface area contributed by atoms with Crippen molar-refractivity contribution in [2.24, 2.45) is 0 Å². The fraction of sp³-hybridized carbons (Fsp3) is 0.214. The molecular formula is C14H12ClF3N2O. The molecule has 0 saturated carbocycles. The summed E-state index contributed by atoms with van der Waals surface area (Å²) < 4.78 is 36.3.